The molecule has 1 aliphatic heterocycles. The van der Waals surface area contributed by atoms with Crippen molar-refractivity contribution in [2.45, 2.75) is 51.5 Å². The maximum absolute atomic E-state index is 12.9. The third-order valence-electron chi connectivity index (χ3n) is 7.47. The molecule has 1 aliphatic carbocycles. The van der Waals surface area contributed by atoms with Crippen molar-refractivity contribution < 1.29 is 24.2 Å². The van der Waals surface area contributed by atoms with E-state index >= 15 is 0 Å². The third kappa shape index (κ3) is 5.50. The van der Waals surface area contributed by atoms with E-state index in [1.807, 2.05) is 38.1 Å². The van der Waals surface area contributed by atoms with Crippen LogP contribution in [0.1, 0.15) is 56.6 Å². The zero-order valence-corrected chi connectivity index (χ0v) is 20.4. The van der Waals surface area contributed by atoms with Crippen LogP contribution >= 0.6 is 0 Å². The average Bonchev–Trinajstić information content (AvgIpc) is 3.18. The van der Waals surface area contributed by atoms with Crippen molar-refractivity contribution >= 4 is 18.0 Å². The number of hydrogen-bond donors (Lipinski definition) is 2. The van der Waals surface area contributed by atoms with Gasteiger partial charge < -0.3 is 20.1 Å². The summed E-state index contributed by atoms with van der Waals surface area (Å²) in [5.41, 5.74) is 4.70. The monoisotopic (exact) mass is 478 g/mol. The molecule has 0 spiro atoms. The lowest BCUT2D eigenvalue weighted by atomic mass is 9.90. The van der Waals surface area contributed by atoms with Crippen LogP contribution in [0.25, 0.3) is 11.1 Å². The molecule has 0 radical (unpaired) electrons. The molecule has 2 amide bonds. The third-order valence-corrected chi connectivity index (χ3v) is 7.47. The molecule has 186 valence electrons. The fraction of sp³-hybridized carbons (Fsp3) is 0.464. The van der Waals surface area contributed by atoms with E-state index in [0.717, 1.165) is 6.42 Å². The number of fused-ring (bicyclic) bond motifs is 3. The molecule has 35 heavy (non-hydrogen) atoms. The first-order chi connectivity index (χ1) is 16.9. The summed E-state index contributed by atoms with van der Waals surface area (Å²) in [7, 11) is 0. The number of alkyl carbamates (subject to hydrolysis) is 1. The fourth-order valence-corrected chi connectivity index (χ4v) is 5.37. The Bertz CT molecular complexity index is 1040. The minimum atomic E-state index is -0.789. The van der Waals surface area contributed by atoms with E-state index in [2.05, 4.69) is 29.6 Å². The van der Waals surface area contributed by atoms with Gasteiger partial charge >= 0.3 is 12.1 Å². The van der Waals surface area contributed by atoms with Crippen LogP contribution in [0.2, 0.25) is 0 Å². The van der Waals surface area contributed by atoms with Crippen molar-refractivity contribution in [2.75, 3.05) is 19.7 Å². The van der Waals surface area contributed by atoms with E-state index < -0.39 is 12.1 Å². The van der Waals surface area contributed by atoms with Crippen LogP contribution in [0.4, 0.5) is 4.79 Å². The van der Waals surface area contributed by atoms with Gasteiger partial charge in [0.1, 0.15) is 6.61 Å². The number of carboxylic acid groups (broad SMARTS) is 1. The predicted molar refractivity (Wildman–Crippen MR) is 133 cm³/mol. The van der Waals surface area contributed by atoms with Crippen LogP contribution in [0.15, 0.2) is 48.5 Å². The molecule has 4 rings (SSSR count). The fourth-order valence-electron chi connectivity index (χ4n) is 5.37. The standard InChI is InChI=1S/C28H34N2O5/c1-3-19(15-26(31)30-13-12-20(27(32)33)14-18(30)2)16-29-28(34)35-17-25-23-10-6-4-8-21(23)22-9-5-7-11-24(22)25/h4-11,18-20,25H,3,12-17H2,1-2H3,(H,29,34)(H,32,33)/t18-,19?,20-/m1/s1. The zero-order chi connectivity index (χ0) is 24.9. The molecule has 1 saturated heterocycles. The Hall–Kier alpha value is -3.35. The van der Waals surface area contributed by atoms with Gasteiger partial charge in [-0.2, -0.15) is 0 Å². The first kappa shape index (κ1) is 24.8. The summed E-state index contributed by atoms with van der Waals surface area (Å²) in [6, 6.07) is 16.3. The summed E-state index contributed by atoms with van der Waals surface area (Å²) in [6.45, 7) is 4.98. The molecule has 0 saturated carbocycles. The van der Waals surface area contributed by atoms with Crippen molar-refractivity contribution in [3.05, 3.63) is 59.7 Å². The highest BCUT2D eigenvalue weighted by molar-refractivity contribution is 5.79. The van der Waals surface area contributed by atoms with Gasteiger partial charge in [0.2, 0.25) is 5.91 Å². The Balaban J connectivity index is 1.27. The van der Waals surface area contributed by atoms with Gasteiger partial charge in [0.15, 0.2) is 0 Å². The van der Waals surface area contributed by atoms with Crippen molar-refractivity contribution in [1.82, 2.24) is 10.2 Å². The Morgan fingerprint density at radius 1 is 1.09 bits per heavy atom. The summed E-state index contributed by atoms with van der Waals surface area (Å²) in [5, 5.41) is 12.1. The lowest BCUT2D eigenvalue weighted by Gasteiger charge is -2.37. The van der Waals surface area contributed by atoms with Gasteiger partial charge in [-0.25, -0.2) is 4.79 Å². The van der Waals surface area contributed by atoms with Crippen LogP contribution in [-0.4, -0.2) is 53.7 Å². The van der Waals surface area contributed by atoms with Crippen molar-refractivity contribution in [3.63, 3.8) is 0 Å². The average molecular weight is 479 g/mol. The summed E-state index contributed by atoms with van der Waals surface area (Å²) in [6.07, 6.45) is 1.56. The molecule has 7 nitrogen and oxygen atoms in total. The topological polar surface area (TPSA) is 95.9 Å². The quantitative estimate of drug-likeness (QED) is 0.576. The summed E-state index contributed by atoms with van der Waals surface area (Å²) in [5.74, 6) is -1.16. The largest absolute Gasteiger partial charge is 0.481 e. The number of likely N-dealkylation sites (tertiary alicyclic amines) is 1. The second kappa shape index (κ2) is 10.9. The lowest BCUT2D eigenvalue weighted by molar-refractivity contribution is -0.147. The van der Waals surface area contributed by atoms with Crippen LogP contribution in [0, 0.1) is 11.8 Å². The summed E-state index contributed by atoms with van der Waals surface area (Å²) < 4.78 is 5.61. The maximum atomic E-state index is 12.9. The van der Waals surface area contributed by atoms with Gasteiger partial charge in [-0.3, -0.25) is 9.59 Å². The van der Waals surface area contributed by atoms with E-state index in [4.69, 9.17) is 4.74 Å². The number of nitrogens with zero attached hydrogens (tertiary/aromatic N) is 1. The second-order valence-electron chi connectivity index (χ2n) is 9.68. The normalized spacial score (nSPS) is 20.0. The van der Waals surface area contributed by atoms with Crippen LogP contribution in [0.5, 0.6) is 0 Å². The molecular weight excluding hydrogens is 444 g/mol. The Kier molecular flexibility index (Phi) is 7.73. The van der Waals surface area contributed by atoms with E-state index in [9.17, 15) is 19.5 Å². The highest BCUT2D eigenvalue weighted by atomic mass is 16.5. The number of carbonyl (C=O) groups excluding carboxylic acids is 2. The highest BCUT2D eigenvalue weighted by Gasteiger charge is 2.33. The Morgan fingerprint density at radius 2 is 1.71 bits per heavy atom. The molecule has 0 bridgehead atoms. The van der Waals surface area contributed by atoms with Gasteiger partial charge in [0, 0.05) is 31.5 Å². The molecule has 2 aromatic rings. The van der Waals surface area contributed by atoms with E-state index in [0.29, 0.717) is 32.4 Å². The number of carbonyl (C=O) groups is 3. The number of hydrogen-bond acceptors (Lipinski definition) is 4. The molecule has 1 heterocycles. The minimum absolute atomic E-state index is 0.00640. The van der Waals surface area contributed by atoms with Crippen molar-refractivity contribution in [2.24, 2.45) is 11.8 Å². The van der Waals surface area contributed by atoms with E-state index in [-0.39, 0.29) is 36.3 Å². The van der Waals surface area contributed by atoms with Crippen LogP contribution in [-0.2, 0) is 14.3 Å². The van der Waals surface area contributed by atoms with E-state index in [1.165, 1.54) is 22.3 Å². The molecule has 1 fully saturated rings. The second-order valence-corrected chi connectivity index (χ2v) is 9.68. The first-order valence-corrected chi connectivity index (χ1v) is 12.5. The van der Waals surface area contributed by atoms with Crippen molar-refractivity contribution in [3.8, 4) is 11.1 Å². The smallest absolute Gasteiger partial charge is 0.407 e. The van der Waals surface area contributed by atoms with Gasteiger partial charge in [-0.1, -0.05) is 61.9 Å². The maximum Gasteiger partial charge on any atom is 0.407 e. The molecule has 1 unspecified atom stereocenters. The predicted octanol–water partition coefficient (Wildman–Crippen LogP) is 4.65. The Morgan fingerprint density at radius 3 is 2.29 bits per heavy atom. The van der Waals surface area contributed by atoms with E-state index in [1.54, 1.807) is 4.90 Å². The lowest BCUT2D eigenvalue weighted by Crippen LogP contribution is -2.47. The number of nitrogens with one attached hydrogen (secondary N) is 1. The number of benzene rings is 2. The molecule has 3 atom stereocenters. The highest BCUT2D eigenvalue weighted by Crippen LogP contribution is 2.44. The van der Waals surface area contributed by atoms with Crippen LogP contribution in [0.3, 0.4) is 0 Å². The molecule has 2 N–H and O–H groups in total. The van der Waals surface area contributed by atoms with Gasteiger partial charge in [-0.15, -0.1) is 0 Å². The van der Waals surface area contributed by atoms with Gasteiger partial charge in [-0.05, 0) is 47.9 Å². The molecule has 2 aromatic carbocycles. The van der Waals surface area contributed by atoms with Crippen molar-refractivity contribution in [1.29, 1.82) is 0 Å². The van der Waals surface area contributed by atoms with Crippen LogP contribution < -0.4 is 5.32 Å². The minimum Gasteiger partial charge on any atom is -0.481 e. The number of carboxylic acids is 1. The number of piperidine rings is 1. The first-order valence-electron chi connectivity index (χ1n) is 12.5. The Labute approximate surface area is 206 Å². The molecule has 7 heteroatoms. The SMILES string of the molecule is CCC(CNC(=O)OCC1c2ccccc2-c2ccccc21)CC(=O)N1CC[C@@H](C(=O)O)C[C@H]1C. The van der Waals surface area contributed by atoms with Gasteiger partial charge in [0.05, 0.1) is 5.92 Å². The molecular formula is C28H34N2O5. The molecule has 0 aromatic heterocycles. The zero-order valence-electron chi connectivity index (χ0n) is 20.4. The van der Waals surface area contributed by atoms with Gasteiger partial charge in [0.25, 0.3) is 0 Å². The summed E-state index contributed by atoms with van der Waals surface area (Å²) in [4.78, 5) is 38.4. The molecule has 2 aliphatic rings. The summed E-state index contributed by atoms with van der Waals surface area (Å²) >= 11 is 0. The number of aliphatic carboxylic acids is 1. The number of rotatable bonds is 8. The number of amides is 2. The number of ether oxygens (including phenoxy) is 1.